The largest absolute Gasteiger partial charge is 0.492 e. The SMILES string of the molecule is CCC.CCOc1ccccc1N1CCN(C)CC1. The molecule has 0 radical (unpaired) electrons. The topological polar surface area (TPSA) is 15.7 Å². The minimum atomic E-state index is 0.727. The Morgan fingerprint density at radius 3 is 2.16 bits per heavy atom. The highest BCUT2D eigenvalue weighted by Gasteiger charge is 2.16. The Labute approximate surface area is 118 Å². The van der Waals surface area contributed by atoms with Crippen LogP contribution in [0.5, 0.6) is 5.75 Å². The summed E-state index contributed by atoms with van der Waals surface area (Å²) in [6.07, 6.45) is 1.25. The van der Waals surface area contributed by atoms with Crippen LogP contribution < -0.4 is 9.64 Å². The summed E-state index contributed by atoms with van der Waals surface area (Å²) in [6, 6.07) is 8.31. The molecule has 1 aromatic carbocycles. The summed E-state index contributed by atoms with van der Waals surface area (Å²) >= 11 is 0. The predicted molar refractivity (Wildman–Crippen MR) is 83.3 cm³/mol. The smallest absolute Gasteiger partial charge is 0.142 e. The predicted octanol–water partition coefficient (Wildman–Crippen LogP) is 3.25. The molecule has 0 amide bonds. The Morgan fingerprint density at radius 2 is 1.58 bits per heavy atom. The lowest BCUT2D eigenvalue weighted by Crippen LogP contribution is -2.44. The molecule has 0 spiro atoms. The van der Waals surface area contributed by atoms with Crippen LogP contribution in [0.2, 0.25) is 0 Å². The van der Waals surface area contributed by atoms with Crippen LogP contribution >= 0.6 is 0 Å². The van der Waals surface area contributed by atoms with Crippen LogP contribution in [-0.2, 0) is 0 Å². The van der Waals surface area contributed by atoms with Crippen LogP contribution in [0, 0.1) is 0 Å². The summed E-state index contributed by atoms with van der Waals surface area (Å²) in [5.41, 5.74) is 1.23. The molecule has 1 aliphatic heterocycles. The Kier molecular flexibility index (Phi) is 7.34. The van der Waals surface area contributed by atoms with E-state index in [4.69, 9.17) is 4.74 Å². The zero-order valence-corrected chi connectivity index (χ0v) is 12.9. The molecule has 0 aliphatic carbocycles. The lowest BCUT2D eigenvalue weighted by Gasteiger charge is -2.34. The first kappa shape index (κ1) is 15.8. The summed E-state index contributed by atoms with van der Waals surface area (Å²) in [5, 5.41) is 0. The fraction of sp³-hybridized carbons (Fsp3) is 0.625. The normalized spacial score (nSPS) is 15.7. The van der Waals surface area contributed by atoms with Crippen molar-refractivity contribution in [1.82, 2.24) is 4.90 Å². The van der Waals surface area contributed by atoms with Crippen molar-refractivity contribution in [1.29, 1.82) is 0 Å². The van der Waals surface area contributed by atoms with Gasteiger partial charge in [0.05, 0.1) is 12.3 Å². The lowest BCUT2D eigenvalue weighted by molar-refractivity contribution is 0.307. The number of anilines is 1. The van der Waals surface area contributed by atoms with Crippen molar-refractivity contribution in [2.24, 2.45) is 0 Å². The Bertz CT molecular complexity index is 346. The monoisotopic (exact) mass is 264 g/mol. The number of nitrogens with zero attached hydrogens (tertiary/aromatic N) is 2. The first-order valence-corrected chi connectivity index (χ1v) is 7.38. The standard InChI is InChI=1S/C13H20N2O.C3H8/c1-3-16-13-7-5-4-6-12(13)15-10-8-14(2)9-11-15;1-3-2/h4-7H,3,8-11H2,1-2H3;3H2,1-2H3. The second kappa shape index (κ2) is 8.81. The second-order valence-corrected chi connectivity index (χ2v) is 4.90. The molecule has 108 valence electrons. The van der Waals surface area contributed by atoms with E-state index in [2.05, 4.69) is 48.9 Å². The maximum Gasteiger partial charge on any atom is 0.142 e. The summed E-state index contributed by atoms with van der Waals surface area (Å²) in [5.74, 6) is 1.01. The fourth-order valence-electron chi connectivity index (χ4n) is 2.04. The maximum absolute atomic E-state index is 5.66. The van der Waals surface area contributed by atoms with E-state index >= 15 is 0 Å². The second-order valence-electron chi connectivity index (χ2n) is 4.90. The number of hydrogen-bond acceptors (Lipinski definition) is 3. The molecule has 3 heteroatoms. The fourth-order valence-corrected chi connectivity index (χ4v) is 2.04. The Balaban J connectivity index is 0.000000550. The van der Waals surface area contributed by atoms with E-state index in [0.29, 0.717) is 0 Å². The maximum atomic E-state index is 5.66. The quantitative estimate of drug-likeness (QED) is 0.833. The van der Waals surface area contributed by atoms with Crippen LogP contribution in [-0.4, -0.2) is 44.7 Å². The van der Waals surface area contributed by atoms with E-state index < -0.39 is 0 Å². The Morgan fingerprint density at radius 1 is 1.00 bits per heavy atom. The third-order valence-corrected chi connectivity index (χ3v) is 3.01. The van der Waals surface area contributed by atoms with Gasteiger partial charge in [0.15, 0.2) is 0 Å². The number of likely N-dealkylation sites (N-methyl/N-ethyl adjacent to an activating group) is 1. The molecular formula is C16H28N2O. The molecule has 1 aliphatic rings. The molecule has 0 saturated carbocycles. The number of ether oxygens (including phenoxy) is 1. The van der Waals surface area contributed by atoms with E-state index in [-0.39, 0.29) is 0 Å². The van der Waals surface area contributed by atoms with E-state index in [0.717, 1.165) is 38.5 Å². The van der Waals surface area contributed by atoms with E-state index in [1.165, 1.54) is 12.1 Å². The van der Waals surface area contributed by atoms with Gasteiger partial charge in [0.1, 0.15) is 5.75 Å². The van der Waals surface area contributed by atoms with Gasteiger partial charge >= 0.3 is 0 Å². The van der Waals surface area contributed by atoms with Gasteiger partial charge in [-0.25, -0.2) is 0 Å². The zero-order chi connectivity index (χ0) is 14.1. The first-order valence-electron chi connectivity index (χ1n) is 7.38. The van der Waals surface area contributed by atoms with Gasteiger partial charge in [-0.2, -0.15) is 0 Å². The summed E-state index contributed by atoms with van der Waals surface area (Å²) in [7, 11) is 2.17. The van der Waals surface area contributed by atoms with Gasteiger partial charge in [-0.05, 0) is 26.1 Å². The molecular weight excluding hydrogens is 236 g/mol. The number of hydrogen-bond donors (Lipinski definition) is 0. The van der Waals surface area contributed by atoms with E-state index in [1.807, 2.05) is 13.0 Å². The van der Waals surface area contributed by atoms with Gasteiger partial charge in [0, 0.05) is 26.2 Å². The van der Waals surface area contributed by atoms with Crippen molar-refractivity contribution >= 4 is 5.69 Å². The average Bonchev–Trinajstić information content (AvgIpc) is 2.42. The average molecular weight is 264 g/mol. The number of piperazine rings is 1. The molecule has 1 heterocycles. The minimum Gasteiger partial charge on any atom is -0.492 e. The zero-order valence-electron chi connectivity index (χ0n) is 12.9. The summed E-state index contributed by atoms with van der Waals surface area (Å²) < 4.78 is 5.66. The van der Waals surface area contributed by atoms with Crippen LogP contribution in [0.1, 0.15) is 27.2 Å². The van der Waals surface area contributed by atoms with Crippen molar-refractivity contribution in [2.75, 3.05) is 44.7 Å². The highest BCUT2D eigenvalue weighted by atomic mass is 16.5. The van der Waals surface area contributed by atoms with Gasteiger partial charge in [-0.3, -0.25) is 0 Å². The number of rotatable bonds is 3. The van der Waals surface area contributed by atoms with Crippen LogP contribution in [0.15, 0.2) is 24.3 Å². The van der Waals surface area contributed by atoms with Crippen molar-refractivity contribution in [3.05, 3.63) is 24.3 Å². The molecule has 0 bridgehead atoms. The molecule has 19 heavy (non-hydrogen) atoms. The highest BCUT2D eigenvalue weighted by Crippen LogP contribution is 2.28. The third kappa shape index (κ3) is 5.11. The highest BCUT2D eigenvalue weighted by molar-refractivity contribution is 5.58. The first-order chi connectivity index (χ1) is 9.22. The number of para-hydroxylation sites is 2. The molecule has 1 aromatic rings. The molecule has 2 rings (SSSR count). The summed E-state index contributed by atoms with van der Waals surface area (Å²) in [6.45, 7) is 11.4. The van der Waals surface area contributed by atoms with Crippen molar-refractivity contribution < 1.29 is 4.74 Å². The third-order valence-electron chi connectivity index (χ3n) is 3.01. The van der Waals surface area contributed by atoms with E-state index in [9.17, 15) is 0 Å². The van der Waals surface area contributed by atoms with Gasteiger partial charge in [0.25, 0.3) is 0 Å². The molecule has 3 nitrogen and oxygen atoms in total. The van der Waals surface area contributed by atoms with E-state index in [1.54, 1.807) is 0 Å². The molecule has 0 unspecified atom stereocenters. The molecule has 0 N–H and O–H groups in total. The van der Waals surface area contributed by atoms with Gasteiger partial charge < -0.3 is 14.5 Å². The summed E-state index contributed by atoms with van der Waals surface area (Å²) in [4.78, 5) is 4.77. The molecule has 1 fully saturated rings. The molecule has 0 aromatic heterocycles. The van der Waals surface area contributed by atoms with Crippen LogP contribution in [0.25, 0.3) is 0 Å². The van der Waals surface area contributed by atoms with Gasteiger partial charge in [-0.15, -0.1) is 0 Å². The van der Waals surface area contributed by atoms with Crippen molar-refractivity contribution in [3.8, 4) is 5.75 Å². The molecule has 0 atom stereocenters. The van der Waals surface area contributed by atoms with Crippen molar-refractivity contribution in [2.45, 2.75) is 27.2 Å². The Hall–Kier alpha value is -1.22. The van der Waals surface area contributed by atoms with Crippen LogP contribution in [0.4, 0.5) is 5.69 Å². The number of benzene rings is 1. The lowest BCUT2D eigenvalue weighted by atomic mass is 10.2. The van der Waals surface area contributed by atoms with Gasteiger partial charge in [0.2, 0.25) is 0 Å². The van der Waals surface area contributed by atoms with Gasteiger partial charge in [-0.1, -0.05) is 32.4 Å². The van der Waals surface area contributed by atoms with Crippen LogP contribution in [0.3, 0.4) is 0 Å². The molecule has 1 saturated heterocycles. The van der Waals surface area contributed by atoms with Crippen molar-refractivity contribution in [3.63, 3.8) is 0 Å². The minimum absolute atomic E-state index is 0.727.